The molecule has 0 saturated heterocycles. The molecule has 0 aliphatic carbocycles. The van der Waals surface area contributed by atoms with Crippen molar-refractivity contribution in [2.75, 3.05) is 6.61 Å². The Morgan fingerprint density at radius 2 is 2.24 bits per heavy atom. The Labute approximate surface area is 124 Å². The van der Waals surface area contributed by atoms with E-state index in [1.165, 1.54) is 0 Å². The molecule has 0 aromatic carbocycles. The highest BCUT2D eigenvalue weighted by molar-refractivity contribution is 5.75. The summed E-state index contributed by atoms with van der Waals surface area (Å²) in [7, 11) is 0. The zero-order valence-electron chi connectivity index (χ0n) is 12.8. The van der Waals surface area contributed by atoms with Crippen molar-refractivity contribution >= 4 is 5.97 Å². The van der Waals surface area contributed by atoms with Gasteiger partial charge in [0.25, 0.3) is 0 Å². The van der Waals surface area contributed by atoms with Crippen LogP contribution in [0.1, 0.15) is 29.6 Å². The Bertz CT molecular complexity index is 599. The molecule has 0 aliphatic rings. The van der Waals surface area contributed by atoms with Gasteiger partial charge < -0.3 is 19.5 Å². The fourth-order valence-corrected chi connectivity index (χ4v) is 2.45. The monoisotopic (exact) mass is 290 g/mol. The van der Waals surface area contributed by atoms with Crippen LogP contribution in [0.5, 0.6) is 0 Å². The zero-order chi connectivity index (χ0) is 15.4. The van der Waals surface area contributed by atoms with Crippen LogP contribution in [-0.4, -0.2) is 23.2 Å². The number of carbonyl (C=O) groups is 1. The lowest BCUT2D eigenvalue weighted by Crippen LogP contribution is -2.34. The van der Waals surface area contributed by atoms with Crippen LogP contribution in [0.2, 0.25) is 0 Å². The number of hydrogen-bond acceptors (Lipinski definition) is 4. The molecule has 0 bridgehead atoms. The minimum atomic E-state index is -0.623. The van der Waals surface area contributed by atoms with E-state index in [0.29, 0.717) is 19.6 Å². The number of nitrogens with two attached hydrogens (primary N) is 1. The molecule has 2 rings (SSSR count). The topological polar surface area (TPSA) is 70.4 Å². The molecule has 0 spiro atoms. The predicted molar refractivity (Wildman–Crippen MR) is 80.0 cm³/mol. The Balaban J connectivity index is 2.13. The van der Waals surface area contributed by atoms with Crippen molar-refractivity contribution in [1.82, 2.24) is 4.57 Å². The molecule has 0 fully saturated rings. The Kier molecular flexibility index (Phi) is 4.85. The fraction of sp³-hybridized carbons (Fsp3) is 0.438. The largest absolute Gasteiger partial charge is 0.467 e. The number of nitrogens with zero attached hydrogens (tertiary/aromatic N) is 1. The average Bonchev–Trinajstić information content (AvgIpc) is 3.04. The van der Waals surface area contributed by atoms with Crippen molar-refractivity contribution < 1.29 is 13.9 Å². The molecule has 2 heterocycles. The molecule has 0 aliphatic heterocycles. The van der Waals surface area contributed by atoms with Gasteiger partial charge in [-0.3, -0.25) is 4.79 Å². The third-order valence-electron chi connectivity index (χ3n) is 3.60. The number of hydrogen-bond donors (Lipinski definition) is 1. The van der Waals surface area contributed by atoms with Crippen molar-refractivity contribution in [2.24, 2.45) is 5.73 Å². The molecule has 0 amide bonds. The molecule has 114 valence electrons. The number of aromatic nitrogens is 1. The molecule has 21 heavy (non-hydrogen) atoms. The van der Waals surface area contributed by atoms with Gasteiger partial charge in [0.1, 0.15) is 11.8 Å². The van der Waals surface area contributed by atoms with E-state index in [2.05, 4.69) is 10.6 Å². The molecule has 0 saturated carbocycles. The van der Waals surface area contributed by atoms with E-state index in [-0.39, 0.29) is 5.97 Å². The molecular weight excluding hydrogens is 268 g/mol. The predicted octanol–water partition coefficient (Wildman–Crippen LogP) is 2.18. The first-order valence-electron chi connectivity index (χ1n) is 7.13. The summed E-state index contributed by atoms with van der Waals surface area (Å²) in [5, 5.41) is 0. The number of furan rings is 1. The van der Waals surface area contributed by atoms with Gasteiger partial charge >= 0.3 is 5.97 Å². The minimum absolute atomic E-state index is 0.351. The summed E-state index contributed by atoms with van der Waals surface area (Å²) < 4.78 is 12.5. The van der Waals surface area contributed by atoms with Gasteiger partial charge in [0.05, 0.1) is 19.4 Å². The van der Waals surface area contributed by atoms with Crippen LogP contribution in [0.3, 0.4) is 0 Å². The van der Waals surface area contributed by atoms with E-state index in [1.807, 2.05) is 26.0 Å². The maximum absolute atomic E-state index is 11.6. The van der Waals surface area contributed by atoms with Crippen LogP contribution in [-0.2, 0) is 22.5 Å². The lowest BCUT2D eigenvalue weighted by Gasteiger charge is -2.11. The summed E-state index contributed by atoms with van der Waals surface area (Å²) in [4.78, 5) is 11.6. The van der Waals surface area contributed by atoms with Crippen LogP contribution >= 0.6 is 0 Å². The summed E-state index contributed by atoms with van der Waals surface area (Å²) in [6.07, 6.45) is 2.15. The summed E-state index contributed by atoms with van der Waals surface area (Å²) in [5.41, 5.74) is 9.19. The van der Waals surface area contributed by atoms with Crippen LogP contribution in [0, 0.1) is 13.8 Å². The van der Waals surface area contributed by atoms with Gasteiger partial charge in [-0.15, -0.1) is 0 Å². The zero-order valence-corrected chi connectivity index (χ0v) is 12.8. The molecule has 1 unspecified atom stereocenters. The third-order valence-corrected chi connectivity index (χ3v) is 3.60. The highest BCUT2D eigenvalue weighted by Gasteiger charge is 2.19. The van der Waals surface area contributed by atoms with Crippen molar-refractivity contribution in [3.8, 4) is 0 Å². The van der Waals surface area contributed by atoms with Crippen LogP contribution in [0.25, 0.3) is 0 Å². The first-order valence-corrected chi connectivity index (χ1v) is 7.13. The summed E-state index contributed by atoms with van der Waals surface area (Å²) in [5.74, 6) is 0.548. The molecular formula is C16H22N2O3. The number of ether oxygens (including phenoxy) is 1. The summed E-state index contributed by atoms with van der Waals surface area (Å²) in [6, 6.07) is 5.27. The van der Waals surface area contributed by atoms with E-state index >= 15 is 0 Å². The van der Waals surface area contributed by atoms with Crippen LogP contribution < -0.4 is 5.73 Å². The van der Waals surface area contributed by atoms with E-state index in [9.17, 15) is 4.79 Å². The van der Waals surface area contributed by atoms with Crippen molar-refractivity contribution in [3.05, 3.63) is 47.2 Å². The van der Waals surface area contributed by atoms with Crippen molar-refractivity contribution in [3.63, 3.8) is 0 Å². The molecule has 1 atom stereocenters. The standard InChI is InChI=1S/C16H22N2O3/c1-4-20-16(19)15(17)9-13-8-11(2)18(12(13)3)10-14-6-5-7-21-14/h5-8,15H,4,9-10,17H2,1-3H3. The van der Waals surface area contributed by atoms with Gasteiger partial charge in [-0.1, -0.05) is 0 Å². The van der Waals surface area contributed by atoms with Gasteiger partial charge in [-0.05, 0) is 51.0 Å². The molecule has 2 aromatic rings. The van der Waals surface area contributed by atoms with E-state index in [0.717, 1.165) is 22.7 Å². The van der Waals surface area contributed by atoms with Crippen molar-refractivity contribution in [1.29, 1.82) is 0 Å². The number of aryl methyl sites for hydroxylation is 1. The quantitative estimate of drug-likeness (QED) is 0.828. The molecule has 5 nitrogen and oxygen atoms in total. The van der Waals surface area contributed by atoms with Gasteiger partial charge in [-0.25, -0.2) is 0 Å². The second-order valence-electron chi connectivity index (χ2n) is 5.12. The number of carbonyl (C=O) groups excluding carboxylic acids is 1. The van der Waals surface area contributed by atoms with E-state index in [1.54, 1.807) is 13.2 Å². The maximum Gasteiger partial charge on any atom is 0.323 e. The van der Waals surface area contributed by atoms with Gasteiger partial charge in [0.2, 0.25) is 0 Å². The second kappa shape index (κ2) is 6.63. The second-order valence-corrected chi connectivity index (χ2v) is 5.12. The highest BCUT2D eigenvalue weighted by Crippen LogP contribution is 2.18. The third kappa shape index (κ3) is 3.55. The minimum Gasteiger partial charge on any atom is -0.467 e. The molecule has 0 radical (unpaired) electrons. The molecule has 2 aromatic heterocycles. The average molecular weight is 290 g/mol. The van der Waals surface area contributed by atoms with Crippen LogP contribution in [0.15, 0.2) is 28.9 Å². The van der Waals surface area contributed by atoms with Crippen molar-refractivity contribution in [2.45, 2.75) is 39.8 Å². The summed E-state index contributed by atoms with van der Waals surface area (Å²) in [6.45, 7) is 6.88. The number of rotatable bonds is 6. The van der Waals surface area contributed by atoms with Gasteiger partial charge in [0.15, 0.2) is 0 Å². The first-order chi connectivity index (χ1) is 10.0. The Morgan fingerprint density at radius 3 is 2.86 bits per heavy atom. The highest BCUT2D eigenvalue weighted by atomic mass is 16.5. The lowest BCUT2D eigenvalue weighted by atomic mass is 10.1. The van der Waals surface area contributed by atoms with Crippen LogP contribution in [0.4, 0.5) is 0 Å². The smallest absolute Gasteiger partial charge is 0.323 e. The summed E-state index contributed by atoms with van der Waals surface area (Å²) >= 11 is 0. The van der Waals surface area contributed by atoms with E-state index in [4.69, 9.17) is 14.9 Å². The number of esters is 1. The first kappa shape index (κ1) is 15.4. The normalized spacial score (nSPS) is 12.4. The Morgan fingerprint density at radius 1 is 1.48 bits per heavy atom. The lowest BCUT2D eigenvalue weighted by molar-refractivity contribution is -0.144. The van der Waals surface area contributed by atoms with Gasteiger partial charge in [0, 0.05) is 11.4 Å². The molecule has 2 N–H and O–H groups in total. The van der Waals surface area contributed by atoms with E-state index < -0.39 is 6.04 Å². The fourth-order valence-electron chi connectivity index (χ4n) is 2.45. The Hall–Kier alpha value is -2.01. The SMILES string of the molecule is CCOC(=O)C(N)Cc1cc(C)n(Cc2ccco2)c1C. The molecule has 5 heteroatoms. The maximum atomic E-state index is 11.6. The van der Waals surface area contributed by atoms with Gasteiger partial charge in [-0.2, -0.15) is 0 Å².